The Hall–Kier alpha value is -1.65. The van der Waals surface area contributed by atoms with Crippen LogP contribution < -0.4 is 0 Å². The van der Waals surface area contributed by atoms with Crippen molar-refractivity contribution in [2.45, 2.75) is 219 Å². The highest BCUT2D eigenvalue weighted by Gasteiger charge is 2.24. The summed E-state index contributed by atoms with van der Waals surface area (Å²) in [5.41, 5.74) is 0. The molecule has 0 bridgehead atoms. The first kappa shape index (κ1) is 54.8. The molecule has 0 aromatic heterocycles. The largest absolute Gasteiger partial charge is 0.300 e. The smallest absolute Gasteiger partial charge is 0.139 e. The van der Waals surface area contributed by atoms with Crippen LogP contribution in [-0.2, 0) is 24.0 Å². The molecule has 0 aliphatic heterocycles. The molecule has 0 amide bonds. The molecule has 0 radical (unpaired) electrons. The highest BCUT2D eigenvalue weighted by atomic mass is 16.1. The molecule has 0 aliphatic carbocycles. The van der Waals surface area contributed by atoms with E-state index in [0.29, 0.717) is 53.2 Å². The molecule has 0 aromatic carbocycles. The summed E-state index contributed by atoms with van der Waals surface area (Å²) >= 11 is 0. The Morgan fingerprint density at radius 2 is 0.830 bits per heavy atom. The Morgan fingerprint density at radius 1 is 0.426 bits per heavy atom. The Balaban J connectivity index is -0.000000164. The quantitative estimate of drug-likeness (QED) is 0.101. The van der Waals surface area contributed by atoms with Crippen molar-refractivity contribution < 1.29 is 24.0 Å². The normalized spacial score (nSPS) is 10.2. The van der Waals surface area contributed by atoms with Crippen LogP contribution in [0.3, 0.4) is 0 Å². The van der Waals surface area contributed by atoms with Gasteiger partial charge in [0.15, 0.2) is 0 Å². The molecule has 0 unspecified atom stereocenters. The van der Waals surface area contributed by atoms with Gasteiger partial charge in [-0.1, -0.05) is 121 Å². The Labute approximate surface area is 295 Å². The molecule has 0 heterocycles. The number of carbonyl (C=O) groups excluding carboxylic acids is 5. The molecule has 0 aliphatic rings. The van der Waals surface area contributed by atoms with Gasteiger partial charge in [0.05, 0.1) is 0 Å². The number of ketones is 5. The van der Waals surface area contributed by atoms with Gasteiger partial charge in [0.1, 0.15) is 28.9 Å². The summed E-state index contributed by atoms with van der Waals surface area (Å²) in [7, 11) is 0. The SMILES string of the molecule is CC(=O)CC(C)C.CC(=O)CCC(C)C.CCCC(CCC)C(=O)C(CCC)CCC.CCCCC(=O)CC.CCCCCC(C)=O. The third-order valence-corrected chi connectivity index (χ3v) is 7.46. The van der Waals surface area contributed by atoms with Crippen molar-refractivity contribution in [1.82, 2.24) is 0 Å². The summed E-state index contributed by atoms with van der Waals surface area (Å²) in [6.45, 7) is 28.2. The van der Waals surface area contributed by atoms with Gasteiger partial charge < -0.3 is 14.4 Å². The van der Waals surface area contributed by atoms with E-state index in [0.717, 1.165) is 103 Å². The van der Waals surface area contributed by atoms with Gasteiger partial charge in [-0.25, -0.2) is 0 Å². The molecular weight excluding hydrogens is 584 g/mol. The Kier molecular flexibility index (Phi) is 49.4. The minimum atomic E-state index is 0.287. The maximum Gasteiger partial charge on any atom is 0.139 e. The first-order chi connectivity index (χ1) is 22.0. The summed E-state index contributed by atoms with van der Waals surface area (Å²) in [6, 6.07) is 0. The van der Waals surface area contributed by atoms with Gasteiger partial charge in [-0.05, 0) is 77.6 Å². The molecule has 0 atom stereocenters. The van der Waals surface area contributed by atoms with Crippen molar-refractivity contribution in [2.75, 3.05) is 0 Å². The van der Waals surface area contributed by atoms with Crippen LogP contribution in [0.1, 0.15) is 219 Å². The fourth-order valence-electron chi connectivity index (χ4n) is 4.83. The lowest BCUT2D eigenvalue weighted by Crippen LogP contribution is -2.23. The lowest BCUT2D eigenvalue weighted by atomic mass is 9.82. The van der Waals surface area contributed by atoms with Crippen LogP contribution in [-0.4, -0.2) is 28.9 Å². The molecule has 0 N–H and O–H groups in total. The van der Waals surface area contributed by atoms with Crippen molar-refractivity contribution in [3.63, 3.8) is 0 Å². The minimum Gasteiger partial charge on any atom is -0.300 e. The van der Waals surface area contributed by atoms with E-state index in [9.17, 15) is 24.0 Å². The molecule has 0 saturated heterocycles. The number of unbranched alkanes of at least 4 members (excludes halogenated alkanes) is 3. The number of hydrogen-bond donors (Lipinski definition) is 0. The first-order valence-electron chi connectivity index (χ1n) is 19.6. The lowest BCUT2D eigenvalue weighted by molar-refractivity contribution is -0.128. The number of rotatable bonds is 23. The zero-order valence-corrected chi connectivity index (χ0v) is 34.3. The second-order valence-corrected chi connectivity index (χ2v) is 14.0. The van der Waals surface area contributed by atoms with Crippen molar-refractivity contribution in [3.8, 4) is 0 Å². The minimum absolute atomic E-state index is 0.287. The van der Waals surface area contributed by atoms with Gasteiger partial charge in [0, 0.05) is 43.9 Å². The maximum absolute atomic E-state index is 12.4. The molecule has 0 aromatic rings. The van der Waals surface area contributed by atoms with E-state index in [4.69, 9.17) is 0 Å². The van der Waals surface area contributed by atoms with Gasteiger partial charge in [-0.3, -0.25) is 9.59 Å². The van der Waals surface area contributed by atoms with E-state index < -0.39 is 0 Å². The first-order valence-corrected chi connectivity index (χ1v) is 19.6. The van der Waals surface area contributed by atoms with Crippen LogP contribution in [0.25, 0.3) is 0 Å². The topological polar surface area (TPSA) is 85.3 Å². The number of hydrogen-bond acceptors (Lipinski definition) is 5. The van der Waals surface area contributed by atoms with Crippen LogP contribution in [0, 0.1) is 23.7 Å². The predicted octanol–water partition coefficient (Wildman–Crippen LogP) is 12.9. The van der Waals surface area contributed by atoms with E-state index in [2.05, 4.69) is 55.4 Å². The number of Topliss-reactive ketones (excluding diaryl/α,β-unsaturated/α-hetero) is 5. The zero-order valence-electron chi connectivity index (χ0n) is 34.3. The summed E-state index contributed by atoms with van der Waals surface area (Å²) in [6.07, 6.45) is 19.4. The highest BCUT2D eigenvalue weighted by Crippen LogP contribution is 2.24. The second kappa shape index (κ2) is 42.4. The van der Waals surface area contributed by atoms with Gasteiger partial charge in [0.25, 0.3) is 0 Å². The summed E-state index contributed by atoms with van der Waals surface area (Å²) in [5.74, 6) is 3.75. The molecule has 0 fully saturated rings. The monoisotopic (exact) mass is 669 g/mol. The second-order valence-electron chi connectivity index (χ2n) is 14.0. The predicted molar refractivity (Wildman–Crippen MR) is 206 cm³/mol. The van der Waals surface area contributed by atoms with Crippen LogP contribution >= 0.6 is 0 Å². The van der Waals surface area contributed by atoms with Gasteiger partial charge in [-0.15, -0.1) is 0 Å². The summed E-state index contributed by atoms with van der Waals surface area (Å²) < 4.78 is 0. The Morgan fingerprint density at radius 3 is 1.04 bits per heavy atom. The van der Waals surface area contributed by atoms with Crippen LogP contribution in [0.4, 0.5) is 0 Å². The maximum atomic E-state index is 12.4. The van der Waals surface area contributed by atoms with E-state index >= 15 is 0 Å². The van der Waals surface area contributed by atoms with Crippen LogP contribution in [0.15, 0.2) is 0 Å². The van der Waals surface area contributed by atoms with Crippen molar-refractivity contribution in [3.05, 3.63) is 0 Å². The molecule has 282 valence electrons. The molecule has 0 spiro atoms. The van der Waals surface area contributed by atoms with Gasteiger partial charge in [0.2, 0.25) is 0 Å². The summed E-state index contributed by atoms with van der Waals surface area (Å²) in [5, 5.41) is 0. The van der Waals surface area contributed by atoms with E-state index in [1.807, 2.05) is 20.8 Å². The lowest BCUT2D eigenvalue weighted by Gasteiger charge is -2.21. The van der Waals surface area contributed by atoms with E-state index in [1.165, 1.54) is 12.8 Å². The van der Waals surface area contributed by atoms with E-state index in [-0.39, 0.29) is 5.78 Å². The third kappa shape index (κ3) is 54.1. The van der Waals surface area contributed by atoms with Gasteiger partial charge >= 0.3 is 0 Å². The molecule has 0 rings (SSSR count). The molecule has 5 nitrogen and oxygen atoms in total. The fourth-order valence-corrected chi connectivity index (χ4v) is 4.83. The third-order valence-electron chi connectivity index (χ3n) is 7.46. The van der Waals surface area contributed by atoms with Crippen molar-refractivity contribution in [1.29, 1.82) is 0 Å². The standard InChI is InChI=1S/C15H30O.3C7H14O.C6H12O/c1-5-9-13(10-6-2)15(16)14(11-7-3)12-8-4;1-6(2)4-5-7(3)8;1-3-4-5-6-7(2)8;1-3-5-6-7(8)4-2;1-5(2)4-6(3)7/h13-14H,5-12H2,1-4H3;6H,4-5H2,1-3H3;2*3-6H2,1-2H3;5H,4H2,1-3H3. The van der Waals surface area contributed by atoms with Crippen LogP contribution in [0.5, 0.6) is 0 Å². The average Bonchev–Trinajstić information content (AvgIpc) is 2.99. The molecule has 47 heavy (non-hydrogen) atoms. The fraction of sp³-hybridized carbons (Fsp3) is 0.881. The highest BCUT2D eigenvalue weighted by molar-refractivity contribution is 5.83. The zero-order chi connectivity index (χ0) is 37.6. The van der Waals surface area contributed by atoms with Crippen molar-refractivity contribution in [2.24, 2.45) is 23.7 Å². The van der Waals surface area contributed by atoms with E-state index in [1.54, 1.807) is 20.8 Å². The Bertz CT molecular complexity index is 693. The molecular formula is C42H84O5. The number of carbonyl (C=O) groups is 5. The molecule has 5 heteroatoms. The average molecular weight is 669 g/mol. The van der Waals surface area contributed by atoms with Crippen molar-refractivity contribution >= 4 is 28.9 Å². The van der Waals surface area contributed by atoms with Crippen LogP contribution in [0.2, 0.25) is 0 Å². The molecule has 0 saturated carbocycles. The van der Waals surface area contributed by atoms with Gasteiger partial charge in [-0.2, -0.15) is 0 Å². The summed E-state index contributed by atoms with van der Waals surface area (Å²) in [4.78, 5) is 53.9.